The molecule has 0 saturated carbocycles. The summed E-state index contributed by atoms with van der Waals surface area (Å²) in [4.78, 5) is 20.6. The minimum atomic E-state index is -0.185. The fraction of sp³-hybridized carbons (Fsp3) is 0.550. The van der Waals surface area contributed by atoms with Crippen molar-refractivity contribution in [2.24, 2.45) is 0 Å². The summed E-state index contributed by atoms with van der Waals surface area (Å²) in [6.07, 6.45) is 6.06. The molecule has 2 aliphatic rings. The summed E-state index contributed by atoms with van der Waals surface area (Å²) in [6.45, 7) is 4.47. The number of nitrogens with zero attached hydrogens (tertiary/aromatic N) is 6. The highest BCUT2D eigenvalue weighted by Crippen LogP contribution is 2.31. The van der Waals surface area contributed by atoms with Crippen LogP contribution in [0.25, 0.3) is 0 Å². The molecule has 0 spiro atoms. The Morgan fingerprint density at radius 1 is 1.11 bits per heavy atom. The van der Waals surface area contributed by atoms with Crippen molar-refractivity contribution in [3.8, 4) is 0 Å². The van der Waals surface area contributed by atoms with Crippen molar-refractivity contribution in [3.05, 3.63) is 41.3 Å². The monoisotopic (exact) mass is 368 g/mol. The maximum absolute atomic E-state index is 9.88. The molecule has 7 nitrogen and oxygen atoms in total. The van der Waals surface area contributed by atoms with E-state index in [2.05, 4.69) is 26.9 Å². The van der Waals surface area contributed by atoms with Crippen molar-refractivity contribution in [1.29, 1.82) is 0 Å². The second kappa shape index (κ2) is 7.78. The number of hydrogen-bond acceptors (Lipinski definition) is 7. The van der Waals surface area contributed by atoms with Gasteiger partial charge >= 0.3 is 0 Å². The summed E-state index contributed by atoms with van der Waals surface area (Å²) in [5.74, 6) is 1.83. The van der Waals surface area contributed by atoms with Gasteiger partial charge in [-0.1, -0.05) is 0 Å². The number of aromatic nitrogens is 3. The van der Waals surface area contributed by atoms with Gasteiger partial charge in [-0.15, -0.1) is 0 Å². The van der Waals surface area contributed by atoms with Crippen molar-refractivity contribution in [3.63, 3.8) is 0 Å². The molecule has 7 heteroatoms. The molecule has 1 N–H and O–H groups in total. The highest BCUT2D eigenvalue weighted by molar-refractivity contribution is 5.54. The van der Waals surface area contributed by atoms with Crippen LogP contribution in [0.5, 0.6) is 0 Å². The first-order chi connectivity index (χ1) is 13.1. The Morgan fingerprint density at radius 2 is 1.85 bits per heavy atom. The van der Waals surface area contributed by atoms with Crippen LogP contribution in [0.2, 0.25) is 0 Å². The lowest BCUT2D eigenvalue weighted by molar-refractivity contribution is 0.145. The van der Waals surface area contributed by atoms with Gasteiger partial charge in [0.05, 0.1) is 11.8 Å². The van der Waals surface area contributed by atoms with Crippen LogP contribution in [0.3, 0.4) is 0 Å². The molecule has 1 fully saturated rings. The lowest BCUT2D eigenvalue weighted by atomic mass is 10.0. The van der Waals surface area contributed by atoms with Crippen LogP contribution in [0.1, 0.15) is 29.7 Å². The zero-order chi connectivity index (χ0) is 18.8. The van der Waals surface area contributed by atoms with E-state index in [4.69, 9.17) is 9.97 Å². The Balaban J connectivity index is 1.62. The van der Waals surface area contributed by atoms with Gasteiger partial charge in [0.2, 0.25) is 5.95 Å². The molecule has 1 saturated heterocycles. The number of pyridine rings is 1. The first kappa shape index (κ1) is 18.1. The van der Waals surface area contributed by atoms with E-state index >= 15 is 0 Å². The molecule has 4 heterocycles. The Morgan fingerprint density at radius 3 is 2.56 bits per heavy atom. The van der Waals surface area contributed by atoms with E-state index in [0.29, 0.717) is 0 Å². The highest BCUT2D eigenvalue weighted by atomic mass is 16.3. The number of aliphatic hydroxyl groups is 1. The second-order valence-corrected chi connectivity index (χ2v) is 7.70. The molecular weight excluding hydrogens is 340 g/mol. The van der Waals surface area contributed by atoms with Gasteiger partial charge in [0.15, 0.2) is 0 Å². The topological polar surface area (TPSA) is 68.6 Å². The predicted molar refractivity (Wildman–Crippen MR) is 106 cm³/mol. The molecular formula is C20H28N6O. The summed E-state index contributed by atoms with van der Waals surface area (Å²) < 4.78 is 0. The van der Waals surface area contributed by atoms with Gasteiger partial charge < -0.3 is 14.9 Å². The zero-order valence-electron chi connectivity index (χ0n) is 16.2. The van der Waals surface area contributed by atoms with Crippen molar-refractivity contribution < 1.29 is 5.11 Å². The summed E-state index contributed by atoms with van der Waals surface area (Å²) in [5.41, 5.74) is 3.69. The molecule has 0 aromatic carbocycles. The van der Waals surface area contributed by atoms with Crippen molar-refractivity contribution in [2.75, 3.05) is 43.5 Å². The standard InChI is InChI=1S/C20H28N6O/c1-24(2)20-22-18-7-10-25(13-15-3-8-21-9-4-15)14-17(18)19(23-20)26-11-5-16(27)6-12-26/h3-4,8-9,16,27H,5-7,10-14H2,1-2H3. The van der Waals surface area contributed by atoms with Gasteiger partial charge in [-0.25, -0.2) is 4.98 Å². The smallest absolute Gasteiger partial charge is 0.227 e. The van der Waals surface area contributed by atoms with E-state index in [1.807, 2.05) is 31.4 Å². The maximum Gasteiger partial charge on any atom is 0.227 e. The number of rotatable bonds is 4. The number of hydrogen-bond donors (Lipinski definition) is 1. The molecule has 0 bridgehead atoms. The van der Waals surface area contributed by atoms with Gasteiger partial charge in [0.25, 0.3) is 0 Å². The van der Waals surface area contributed by atoms with Crippen LogP contribution >= 0.6 is 0 Å². The van der Waals surface area contributed by atoms with E-state index in [0.717, 1.165) is 63.8 Å². The van der Waals surface area contributed by atoms with Crippen molar-refractivity contribution in [1.82, 2.24) is 19.9 Å². The van der Waals surface area contributed by atoms with E-state index in [1.54, 1.807) is 0 Å². The lowest BCUT2D eigenvalue weighted by Crippen LogP contribution is -2.39. The molecule has 0 unspecified atom stereocenters. The van der Waals surface area contributed by atoms with Crippen LogP contribution in [0.4, 0.5) is 11.8 Å². The van der Waals surface area contributed by atoms with Crippen LogP contribution in [0, 0.1) is 0 Å². The number of piperidine rings is 1. The Kier molecular flexibility index (Phi) is 5.22. The molecule has 0 radical (unpaired) electrons. The first-order valence-electron chi connectivity index (χ1n) is 9.71. The average Bonchev–Trinajstić information content (AvgIpc) is 2.68. The fourth-order valence-electron chi connectivity index (χ4n) is 3.86. The quantitative estimate of drug-likeness (QED) is 0.876. The third-order valence-electron chi connectivity index (χ3n) is 5.43. The largest absolute Gasteiger partial charge is 0.393 e. The molecule has 0 amide bonds. The number of anilines is 2. The van der Waals surface area contributed by atoms with Crippen molar-refractivity contribution in [2.45, 2.75) is 38.5 Å². The van der Waals surface area contributed by atoms with E-state index in [9.17, 15) is 5.11 Å². The minimum Gasteiger partial charge on any atom is -0.393 e. The minimum absolute atomic E-state index is 0.185. The zero-order valence-corrected chi connectivity index (χ0v) is 16.2. The van der Waals surface area contributed by atoms with E-state index in [1.165, 1.54) is 16.8 Å². The van der Waals surface area contributed by atoms with Crippen LogP contribution in [0.15, 0.2) is 24.5 Å². The molecule has 2 aromatic rings. The van der Waals surface area contributed by atoms with Gasteiger partial charge in [0, 0.05) is 71.2 Å². The normalized spacial score (nSPS) is 18.4. The predicted octanol–water partition coefficient (Wildman–Crippen LogP) is 1.46. The van der Waals surface area contributed by atoms with Crippen molar-refractivity contribution >= 4 is 11.8 Å². The Hall–Kier alpha value is -2.25. The SMILES string of the molecule is CN(C)c1nc2c(c(N3CCC(O)CC3)n1)CN(Cc1ccncc1)CC2. The summed E-state index contributed by atoms with van der Waals surface area (Å²) >= 11 is 0. The Bertz CT molecular complexity index is 774. The Labute approximate surface area is 160 Å². The molecule has 4 rings (SSSR count). The summed E-state index contributed by atoms with van der Waals surface area (Å²) in [7, 11) is 3.98. The summed E-state index contributed by atoms with van der Waals surface area (Å²) in [5, 5.41) is 9.88. The third kappa shape index (κ3) is 4.04. The maximum atomic E-state index is 9.88. The molecule has 2 aliphatic heterocycles. The lowest BCUT2D eigenvalue weighted by Gasteiger charge is -2.36. The first-order valence-corrected chi connectivity index (χ1v) is 9.71. The van der Waals surface area contributed by atoms with Gasteiger partial charge in [0.1, 0.15) is 5.82 Å². The summed E-state index contributed by atoms with van der Waals surface area (Å²) in [6, 6.07) is 4.15. The third-order valence-corrected chi connectivity index (χ3v) is 5.43. The van der Waals surface area contributed by atoms with Gasteiger partial charge in [-0.2, -0.15) is 4.98 Å². The molecule has 0 aliphatic carbocycles. The van der Waals surface area contributed by atoms with Crippen LogP contribution in [-0.2, 0) is 19.5 Å². The molecule has 2 aromatic heterocycles. The second-order valence-electron chi connectivity index (χ2n) is 7.70. The van der Waals surface area contributed by atoms with Gasteiger partial charge in [-0.05, 0) is 30.5 Å². The molecule has 0 atom stereocenters. The fourth-order valence-corrected chi connectivity index (χ4v) is 3.86. The number of aliphatic hydroxyl groups excluding tert-OH is 1. The average molecular weight is 368 g/mol. The van der Waals surface area contributed by atoms with Gasteiger partial charge in [-0.3, -0.25) is 9.88 Å². The van der Waals surface area contributed by atoms with E-state index < -0.39 is 0 Å². The molecule has 144 valence electrons. The molecule has 27 heavy (non-hydrogen) atoms. The van der Waals surface area contributed by atoms with E-state index in [-0.39, 0.29) is 6.10 Å². The highest BCUT2D eigenvalue weighted by Gasteiger charge is 2.27. The van der Waals surface area contributed by atoms with Crippen LogP contribution in [-0.4, -0.2) is 64.8 Å². The van der Waals surface area contributed by atoms with Crippen LogP contribution < -0.4 is 9.80 Å². The number of fused-ring (bicyclic) bond motifs is 1.